The van der Waals surface area contributed by atoms with Gasteiger partial charge in [0.1, 0.15) is 6.07 Å². The quantitative estimate of drug-likeness (QED) is 0.622. The molecule has 1 heterocycles. The Hall–Kier alpha value is -2.68. The number of nitriles is 1. The van der Waals surface area contributed by atoms with Crippen molar-refractivity contribution < 1.29 is 9.53 Å². The van der Waals surface area contributed by atoms with Crippen molar-refractivity contribution in [1.82, 2.24) is 15.0 Å². The molecule has 108 valence electrons. The van der Waals surface area contributed by atoms with Gasteiger partial charge in [-0.15, -0.1) is 5.10 Å². The summed E-state index contributed by atoms with van der Waals surface area (Å²) in [5.41, 5.74) is 2.03. The Labute approximate surface area is 123 Å². The molecule has 0 aliphatic heterocycles. The second kappa shape index (κ2) is 6.66. The van der Waals surface area contributed by atoms with E-state index < -0.39 is 0 Å². The van der Waals surface area contributed by atoms with Crippen LogP contribution in [0.2, 0.25) is 0 Å². The van der Waals surface area contributed by atoms with Gasteiger partial charge in [-0.3, -0.25) is 0 Å². The summed E-state index contributed by atoms with van der Waals surface area (Å²) in [7, 11) is 0. The normalized spacial score (nSPS) is 10.1. The van der Waals surface area contributed by atoms with Crippen LogP contribution in [0.1, 0.15) is 41.5 Å². The number of esters is 1. The van der Waals surface area contributed by atoms with Gasteiger partial charge in [-0.1, -0.05) is 24.6 Å². The minimum absolute atomic E-state index is 0.269. The first-order valence-corrected chi connectivity index (χ1v) is 6.77. The standard InChI is InChI=1S/C15H16N4O2/c1-3-4-8-21-15(20)12-6-5-7-13(9-12)19-11(2)14(10-16)17-18-19/h5-7,9H,3-4,8H2,1-2H3. The summed E-state index contributed by atoms with van der Waals surface area (Å²) in [5, 5.41) is 16.6. The van der Waals surface area contributed by atoms with Gasteiger partial charge < -0.3 is 4.74 Å². The van der Waals surface area contributed by atoms with Crippen molar-refractivity contribution in [3.8, 4) is 11.8 Å². The third-order valence-corrected chi connectivity index (χ3v) is 3.06. The molecule has 1 aromatic carbocycles. The Morgan fingerprint density at radius 3 is 2.95 bits per heavy atom. The van der Waals surface area contributed by atoms with Gasteiger partial charge in [0, 0.05) is 0 Å². The molecular formula is C15H16N4O2. The largest absolute Gasteiger partial charge is 0.462 e. The summed E-state index contributed by atoms with van der Waals surface area (Å²) < 4.78 is 6.71. The minimum atomic E-state index is -0.358. The molecule has 0 atom stereocenters. The number of nitrogens with zero attached hydrogens (tertiary/aromatic N) is 4. The van der Waals surface area contributed by atoms with E-state index in [2.05, 4.69) is 10.3 Å². The molecule has 0 fully saturated rings. The maximum Gasteiger partial charge on any atom is 0.338 e. The number of rotatable bonds is 5. The Kier molecular flexibility index (Phi) is 4.67. The van der Waals surface area contributed by atoms with Gasteiger partial charge in [0.25, 0.3) is 0 Å². The molecule has 6 heteroatoms. The van der Waals surface area contributed by atoms with Gasteiger partial charge in [-0.25, -0.2) is 9.48 Å². The maximum absolute atomic E-state index is 11.9. The van der Waals surface area contributed by atoms with Crippen molar-refractivity contribution in [2.75, 3.05) is 6.61 Å². The Morgan fingerprint density at radius 1 is 1.48 bits per heavy atom. The monoisotopic (exact) mass is 284 g/mol. The fourth-order valence-corrected chi connectivity index (χ4v) is 1.83. The first-order chi connectivity index (χ1) is 10.2. The fraction of sp³-hybridized carbons (Fsp3) is 0.333. The van der Waals surface area contributed by atoms with Gasteiger partial charge in [0.05, 0.1) is 23.6 Å². The molecule has 0 radical (unpaired) electrons. The maximum atomic E-state index is 11.9. The second-order valence-corrected chi connectivity index (χ2v) is 4.59. The van der Waals surface area contributed by atoms with Crippen molar-refractivity contribution in [3.63, 3.8) is 0 Å². The summed E-state index contributed by atoms with van der Waals surface area (Å²) in [6, 6.07) is 8.88. The number of aromatic nitrogens is 3. The van der Waals surface area contributed by atoms with Gasteiger partial charge in [0.15, 0.2) is 5.69 Å². The molecule has 0 amide bonds. The van der Waals surface area contributed by atoms with Crippen molar-refractivity contribution in [1.29, 1.82) is 5.26 Å². The van der Waals surface area contributed by atoms with Crippen molar-refractivity contribution in [3.05, 3.63) is 41.2 Å². The van der Waals surface area contributed by atoms with E-state index in [0.717, 1.165) is 12.8 Å². The summed E-state index contributed by atoms with van der Waals surface area (Å²) >= 11 is 0. The van der Waals surface area contributed by atoms with E-state index in [0.29, 0.717) is 23.6 Å². The molecule has 21 heavy (non-hydrogen) atoms. The third-order valence-electron chi connectivity index (χ3n) is 3.06. The summed E-state index contributed by atoms with van der Waals surface area (Å²) in [6.07, 6.45) is 1.82. The van der Waals surface area contributed by atoms with Crippen LogP contribution in [0.3, 0.4) is 0 Å². The average molecular weight is 284 g/mol. The number of carbonyl (C=O) groups is 1. The molecule has 0 N–H and O–H groups in total. The van der Waals surface area contributed by atoms with E-state index in [-0.39, 0.29) is 11.7 Å². The molecule has 6 nitrogen and oxygen atoms in total. The van der Waals surface area contributed by atoms with Crippen LogP contribution in [-0.2, 0) is 4.74 Å². The van der Waals surface area contributed by atoms with E-state index in [1.165, 1.54) is 4.68 Å². The number of benzene rings is 1. The number of hydrogen-bond acceptors (Lipinski definition) is 5. The average Bonchev–Trinajstić information content (AvgIpc) is 2.88. The lowest BCUT2D eigenvalue weighted by molar-refractivity contribution is 0.0499. The van der Waals surface area contributed by atoms with E-state index in [9.17, 15) is 4.79 Å². The predicted molar refractivity (Wildman–Crippen MR) is 76.0 cm³/mol. The lowest BCUT2D eigenvalue weighted by atomic mass is 10.2. The summed E-state index contributed by atoms with van der Waals surface area (Å²) in [5.74, 6) is -0.358. The lowest BCUT2D eigenvalue weighted by Gasteiger charge is -2.07. The summed E-state index contributed by atoms with van der Waals surface area (Å²) in [4.78, 5) is 11.9. The van der Waals surface area contributed by atoms with Crippen LogP contribution in [0, 0.1) is 18.3 Å². The van der Waals surface area contributed by atoms with Gasteiger partial charge in [-0.2, -0.15) is 5.26 Å². The Bertz CT molecular complexity index is 685. The van der Waals surface area contributed by atoms with E-state index in [1.807, 2.05) is 13.0 Å². The van der Waals surface area contributed by atoms with E-state index >= 15 is 0 Å². The minimum Gasteiger partial charge on any atom is -0.462 e. The molecular weight excluding hydrogens is 268 g/mol. The second-order valence-electron chi connectivity index (χ2n) is 4.59. The molecule has 0 saturated carbocycles. The molecule has 0 saturated heterocycles. The zero-order valence-corrected chi connectivity index (χ0v) is 12.0. The fourth-order valence-electron chi connectivity index (χ4n) is 1.83. The van der Waals surface area contributed by atoms with E-state index in [1.54, 1.807) is 31.2 Å². The number of ether oxygens (including phenoxy) is 1. The molecule has 1 aromatic heterocycles. The van der Waals surface area contributed by atoms with Crippen LogP contribution < -0.4 is 0 Å². The third kappa shape index (κ3) is 3.26. The van der Waals surface area contributed by atoms with Crippen molar-refractivity contribution >= 4 is 5.97 Å². The SMILES string of the molecule is CCCCOC(=O)c1cccc(-n2nnc(C#N)c2C)c1. The number of unbranched alkanes of at least 4 members (excludes halogenated alkanes) is 1. The van der Waals surface area contributed by atoms with Gasteiger partial charge >= 0.3 is 5.97 Å². The van der Waals surface area contributed by atoms with Crippen LogP contribution in [-0.4, -0.2) is 27.6 Å². The number of carbonyl (C=O) groups excluding carboxylic acids is 1. The smallest absolute Gasteiger partial charge is 0.338 e. The zero-order valence-electron chi connectivity index (χ0n) is 12.0. The van der Waals surface area contributed by atoms with Crippen LogP contribution in [0.15, 0.2) is 24.3 Å². The van der Waals surface area contributed by atoms with Crippen LogP contribution >= 0.6 is 0 Å². The van der Waals surface area contributed by atoms with Crippen LogP contribution in [0.4, 0.5) is 0 Å². The molecule has 2 aromatic rings. The number of hydrogen-bond donors (Lipinski definition) is 0. The lowest BCUT2D eigenvalue weighted by Crippen LogP contribution is -2.08. The zero-order chi connectivity index (χ0) is 15.2. The molecule has 0 bridgehead atoms. The predicted octanol–water partition coefficient (Wildman–Crippen LogP) is 2.40. The van der Waals surface area contributed by atoms with Crippen LogP contribution in [0.25, 0.3) is 5.69 Å². The molecule has 0 aliphatic rings. The topological polar surface area (TPSA) is 80.8 Å². The highest BCUT2D eigenvalue weighted by Crippen LogP contribution is 2.14. The van der Waals surface area contributed by atoms with Crippen molar-refractivity contribution in [2.24, 2.45) is 0 Å². The molecule has 0 spiro atoms. The van der Waals surface area contributed by atoms with Gasteiger partial charge in [0.2, 0.25) is 0 Å². The molecule has 0 unspecified atom stereocenters. The van der Waals surface area contributed by atoms with E-state index in [4.69, 9.17) is 10.00 Å². The highest BCUT2D eigenvalue weighted by Gasteiger charge is 2.12. The van der Waals surface area contributed by atoms with Crippen molar-refractivity contribution in [2.45, 2.75) is 26.7 Å². The Balaban J connectivity index is 2.23. The molecule has 2 rings (SSSR count). The first kappa shape index (κ1) is 14.7. The molecule has 0 aliphatic carbocycles. The highest BCUT2D eigenvalue weighted by molar-refractivity contribution is 5.90. The highest BCUT2D eigenvalue weighted by atomic mass is 16.5. The van der Waals surface area contributed by atoms with Gasteiger partial charge in [-0.05, 0) is 31.5 Å². The Morgan fingerprint density at radius 2 is 2.29 bits per heavy atom. The first-order valence-electron chi connectivity index (χ1n) is 6.77. The van der Waals surface area contributed by atoms with Crippen LogP contribution in [0.5, 0.6) is 0 Å². The summed E-state index contributed by atoms with van der Waals surface area (Å²) in [6.45, 7) is 4.21.